The Kier molecular flexibility index (Phi) is 3.66. The van der Waals surface area contributed by atoms with Crippen LogP contribution in [0.5, 0.6) is 5.75 Å². The van der Waals surface area contributed by atoms with Gasteiger partial charge in [0, 0.05) is 0 Å². The molecule has 0 unspecified atom stereocenters. The first-order valence-corrected chi connectivity index (χ1v) is 7.68. The first kappa shape index (κ1) is 14.9. The van der Waals surface area contributed by atoms with Gasteiger partial charge in [0.1, 0.15) is 0 Å². The Morgan fingerprint density at radius 2 is 2.00 bits per heavy atom. The number of carbonyl (C=O) groups excluding carboxylic acids is 2. The van der Waals surface area contributed by atoms with Crippen LogP contribution in [0.4, 0.5) is 11.4 Å². The van der Waals surface area contributed by atoms with Crippen molar-refractivity contribution in [3.05, 3.63) is 66.5 Å². The molecule has 2 N–H and O–H groups in total. The van der Waals surface area contributed by atoms with Crippen molar-refractivity contribution in [2.75, 3.05) is 17.2 Å². The standard InChI is InChI=1S/C18H14N4O3/c23-16-11-25-17-14(7-4-8-15(17)21-16)18(24)20-12-9-19-22(10-12)13-5-2-1-3-6-13/h1-10H,11H2,(H,20,24)(H,21,23). The van der Waals surface area contributed by atoms with E-state index < -0.39 is 0 Å². The second-order valence-electron chi connectivity index (χ2n) is 5.48. The minimum Gasteiger partial charge on any atom is -0.481 e. The predicted molar refractivity (Wildman–Crippen MR) is 92.1 cm³/mol. The van der Waals surface area contributed by atoms with Gasteiger partial charge in [0.15, 0.2) is 12.4 Å². The Morgan fingerprint density at radius 3 is 2.84 bits per heavy atom. The summed E-state index contributed by atoms with van der Waals surface area (Å²) in [6, 6.07) is 14.6. The van der Waals surface area contributed by atoms with Crippen molar-refractivity contribution in [3.63, 3.8) is 0 Å². The van der Waals surface area contributed by atoms with E-state index in [1.165, 1.54) is 0 Å². The Labute approximate surface area is 143 Å². The van der Waals surface area contributed by atoms with Crippen LogP contribution >= 0.6 is 0 Å². The van der Waals surface area contributed by atoms with Crippen molar-refractivity contribution in [1.29, 1.82) is 0 Å². The lowest BCUT2D eigenvalue weighted by atomic mass is 10.1. The van der Waals surface area contributed by atoms with Gasteiger partial charge in [0.05, 0.1) is 35.0 Å². The highest BCUT2D eigenvalue weighted by Crippen LogP contribution is 2.32. The van der Waals surface area contributed by atoms with E-state index in [2.05, 4.69) is 15.7 Å². The zero-order valence-electron chi connectivity index (χ0n) is 13.1. The van der Waals surface area contributed by atoms with Crippen molar-refractivity contribution < 1.29 is 14.3 Å². The van der Waals surface area contributed by atoms with E-state index in [0.29, 0.717) is 22.7 Å². The van der Waals surface area contributed by atoms with E-state index in [4.69, 9.17) is 4.74 Å². The smallest absolute Gasteiger partial charge is 0.262 e. The van der Waals surface area contributed by atoms with Crippen LogP contribution in [-0.2, 0) is 4.79 Å². The lowest BCUT2D eigenvalue weighted by Crippen LogP contribution is -2.27. The molecule has 4 rings (SSSR count). The molecule has 7 heteroatoms. The largest absolute Gasteiger partial charge is 0.481 e. The predicted octanol–water partition coefficient (Wildman–Crippen LogP) is 2.46. The molecular formula is C18H14N4O3. The number of fused-ring (bicyclic) bond motifs is 1. The van der Waals surface area contributed by atoms with Crippen LogP contribution in [0.2, 0.25) is 0 Å². The normalized spacial score (nSPS) is 12.7. The van der Waals surface area contributed by atoms with Crippen LogP contribution in [-0.4, -0.2) is 28.2 Å². The molecule has 2 heterocycles. The summed E-state index contributed by atoms with van der Waals surface area (Å²) in [5, 5.41) is 9.72. The zero-order valence-corrected chi connectivity index (χ0v) is 13.1. The average molecular weight is 334 g/mol. The zero-order chi connectivity index (χ0) is 17.2. The molecule has 3 aromatic rings. The molecule has 2 amide bonds. The minimum atomic E-state index is -0.333. The molecule has 0 spiro atoms. The number of nitrogens with one attached hydrogen (secondary N) is 2. The lowest BCUT2D eigenvalue weighted by molar-refractivity contribution is -0.118. The number of nitrogens with zero attached hydrogens (tertiary/aromatic N) is 2. The number of rotatable bonds is 3. The van der Waals surface area contributed by atoms with Gasteiger partial charge in [-0.05, 0) is 24.3 Å². The van der Waals surface area contributed by atoms with Crippen molar-refractivity contribution in [1.82, 2.24) is 9.78 Å². The molecule has 0 fully saturated rings. The second kappa shape index (κ2) is 6.12. The number of benzene rings is 2. The Hall–Kier alpha value is -3.61. The Balaban J connectivity index is 1.56. The van der Waals surface area contributed by atoms with Crippen LogP contribution in [0.1, 0.15) is 10.4 Å². The fraction of sp³-hybridized carbons (Fsp3) is 0.0556. The lowest BCUT2D eigenvalue weighted by Gasteiger charge is -2.20. The number of hydrogen-bond donors (Lipinski definition) is 2. The molecule has 0 bridgehead atoms. The van der Waals surface area contributed by atoms with E-state index in [9.17, 15) is 9.59 Å². The first-order valence-electron chi connectivity index (χ1n) is 7.68. The van der Waals surface area contributed by atoms with Gasteiger partial charge in [-0.25, -0.2) is 4.68 Å². The number of hydrogen-bond acceptors (Lipinski definition) is 4. The molecule has 2 aromatic carbocycles. The summed E-state index contributed by atoms with van der Waals surface area (Å²) < 4.78 is 7.08. The van der Waals surface area contributed by atoms with Crippen LogP contribution in [0.25, 0.3) is 5.69 Å². The molecule has 7 nitrogen and oxygen atoms in total. The summed E-state index contributed by atoms with van der Waals surface area (Å²) in [5.74, 6) is -0.204. The highest BCUT2D eigenvalue weighted by atomic mass is 16.5. The Morgan fingerprint density at radius 1 is 1.16 bits per heavy atom. The van der Waals surface area contributed by atoms with Gasteiger partial charge in [-0.1, -0.05) is 24.3 Å². The van der Waals surface area contributed by atoms with Crippen LogP contribution in [0.15, 0.2) is 60.9 Å². The van der Waals surface area contributed by atoms with Crippen molar-refractivity contribution in [3.8, 4) is 11.4 Å². The van der Waals surface area contributed by atoms with Gasteiger partial charge in [-0.2, -0.15) is 5.10 Å². The first-order chi connectivity index (χ1) is 12.2. The van der Waals surface area contributed by atoms with Crippen molar-refractivity contribution >= 4 is 23.2 Å². The summed E-state index contributed by atoms with van der Waals surface area (Å²) in [6.07, 6.45) is 3.30. The SMILES string of the molecule is O=C1COc2c(cccc2C(=O)Nc2cnn(-c3ccccc3)c2)N1. The van der Waals surface area contributed by atoms with E-state index in [0.717, 1.165) is 5.69 Å². The third-order valence-corrected chi connectivity index (χ3v) is 3.74. The molecule has 0 saturated heterocycles. The summed E-state index contributed by atoms with van der Waals surface area (Å²) in [5.41, 5.74) is 2.30. The molecule has 124 valence electrons. The average Bonchev–Trinajstić information content (AvgIpc) is 3.10. The fourth-order valence-electron chi connectivity index (χ4n) is 2.60. The van der Waals surface area contributed by atoms with Gasteiger partial charge >= 0.3 is 0 Å². The maximum Gasteiger partial charge on any atom is 0.262 e. The second-order valence-corrected chi connectivity index (χ2v) is 5.48. The fourth-order valence-corrected chi connectivity index (χ4v) is 2.60. The number of aromatic nitrogens is 2. The van der Waals surface area contributed by atoms with Crippen molar-refractivity contribution in [2.45, 2.75) is 0 Å². The number of amides is 2. The molecule has 0 aliphatic carbocycles. The maximum atomic E-state index is 12.6. The molecular weight excluding hydrogens is 320 g/mol. The van der Waals surface area contributed by atoms with Crippen molar-refractivity contribution in [2.24, 2.45) is 0 Å². The molecule has 0 saturated carbocycles. The number of anilines is 2. The van der Waals surface area contributed by atoms with Gasteiger partial charge < -0.3 is 15.4 Å². The van der Waals surface area contributed by atoms with E-state index in [1.807, 2.05) is 30.3 Å². The Bertz CT molecular complexity index is 950. The van der Waals surface area contributed by atoms with Crippen LogP contribution in [0, 0.1) is 0 Å². The highest BCUT2D eigenvalue weighted by Gasteiger charge is 2.22. The van der Waals surface area contributed by atoms with E-state index >= 15 is 0 Å². The van der Waals surface area contributed by atoms with Gasteiger partial charge in [-0.15, -0.1) is 0 Å². The maximum absolute atomic E-state index is 12.6. The summed E-state index contributed by atoms with van der Waals surface area (Å²) >= 11 is 0. The summed E-state index contributed by atoms with van der Waals surface area (Å²) in [4.78, 5) is 24.0. The summed E-state index contributed by atoms with van der Waals surface area (Å²) in [6.45, 7) is -0.108. The number of ether oxygens (including phenoxy) is 1. The highest BCUT2D eigenvalue weighted by molar-refractivity contribution is 6.09. The van der Waals surface area contributed by atoms with Gasteiger partial charge in [0.2, 0.25) is 0 Å². The third-order valence-electron chi connectivity index (χ3n) is 3.74. The van der Waals surface area contributed by atoms with Gasteiger partial charge in [-0.3, -0.25) is 9.59 Å². The van der Waals surface area contributed by atoms with Crippen LogP contribution in [0.3, 0.4) is 0 Å². The molecule has 0 radical (unpaired) electrons. The van der Waals surface area contributed by atoms with E-state index in [1.54, 1.807) is 35.3 Å². The molecule has 1 aromatic heterocycles. The van der Waals surface area contributed by atoms with Gasteiger partial charge in [0.25, 0.3) is 11.8 Å². The molecule has 0 atom stereocenters. The topological polar surface area (TPSA) is 85.2 Å². The third kappa shape index (κ3) is 2.94. The molecule has 1 aliphatic heterocycles. The number of carbonyl (C=O) groups is 2. The molecule has 25 heavy (non-hydrogen) atoms. The molecule has 1 aliphatic rings. The minimum absolute atomic E-state index is 0.108. The number of para-hydroxylation sites is 2. The summed E-state index contributed by atoms with van der Waals surface area (Å²) in [7, 11) is 0. The van der Waals surface area contributed by atoms with E-state index in [-0.39, 0.29) is 18.4 Å². The van der Waals surface area contributed by atoms with Crippen LogP contribution < -0.4 is 15.4 Å². The quantitative estimate of drug-likeness (QED) is 0.770. The monoisotopic (exact) mass is 334 g/mol.